The van der Waals surface area contributed by atoms with Gasteiger partial charge >= 0.3 is 0 Å². The molecule has 0 bridgehead atoms. The molecule has 134 valence electrons. The van der Waals surface area contributed by atoms with Crippen LogP contribution in [-0.4, -0.2) is 40.1 Å². The van der Waals surface area contributed by atoms with Gasteiger partial charge in [0.1, 0.15) is 23.9 Å². The number of fused-ring (bicyclic) bond motifs is 1. The number of rotatable bonds is 5. The van der Waals surface area contributed by atoms with Crippen LogP contribution in [0.25, 0.3) is 0 Å². The molecule has 0 spiro atoms. The predicted octanol–water partition coefficient (Wildman–Crippen LogP) is 3.05. The summed E-state index contributed by atoms with van der Waals surface area (Å²) in [7, 11) is -0.736. The fourth-order valence-corrected chi connectivity index (χ4v) is 4.40. The van der Waals surface area contributed by atoms with E-state index in [0.29, 0.717) is 34.9 Å². The Hall–Kier alpha value is -1.77. The lowest BCUT2D eigenvalue weighted by molar-refractivity contribution is 0.171. The summed E-state index contributed by atoms with van der Waals surface area (Å²) in [4.78, 5) is 0.115. The van der Waals surface area contributed by atoms with Gasteiger partial charge in [0.25, 0.3) is 0 Å². The van der Waals surface area contributed by atoms with Crippen molar-refractivity contribution in [2.24, 2.45) is 0 Å². The van der Waals surface area contributed by atoms with Gasteiger partial charge in [-0.05, 0) is 35.9 Å². The highest BCUT2D eigenvalue weighted by Crippen LogP contribution is 2.33. The normalized spacial score (nSPS) is 13.8. The van der Waals surface area contributed by atoms with E-state index < -0.39 is 10.0 Å². The van der Waals surface area contributed by atoms with Crippen molar-refractivity contribution in [2.75, 3.05) is 27.4 Å². The molecule has 2 aromatic rings. The highest BCUT2D eigenvalue weighted by atomic mass is 79.9. The van der Waals surface area contributed by atoms with Gasteiger partial charge in [-0.2, -0.15) is 4.31 Å². The summed E-state index contributed by atoms with van der Waals surface area (Å²) in [6.07, 6.45) is 0. The number of hydrogen-bond donors (Lipinski definition) is 0. The van der Waals surface area contributed by atoms with Crippen molar-refractivity contribution in [1.82, 2.24) is 4.31 Å². The molecular weight excluding hydrogens is 410 g/mol. The van der Waals surface area contributed by atoms with E-state index in [4.69, 9.17) is 14.2 Å². The van der Waals surface area contributed by atoms with Crippen LogP contribution in [0.4, 0.5) is 0 Å². The molecular formula is C17H18BrNO5S. The van der Waals surface area contributed by atoms with Crippen molar-refractivity contribution in [3.63, 3.8) is 0 Å². The van der Waals surface area contributed by atoms with Crippen molar-refractivity contribution in [3.8, 4) is 17.2 Å². The van der Waals surface area contributed by atoms with Crippen LogP contribution >= 0.6 is 15.9 Å². The summed E-state index contributed by atoms with van der Waals surface area (Å²) in [5, 5.41) is 0. The summed E-state index contributed by atoms with van der Waals surface area (Å²) in [5.41, 5.74) is 0.810. The van der Waals surface area contributed by atoms with Crippen LogP contribution in [0, 0.1) is 0 Å². The minimum absolute atomic E-state index is 0.115. The molecule has 1 aliphatic rings. The van der Waals surface area contributed by atoms with Crippen LogP contribution in [-0.2, 0) is 16.6 Å². The molecule has 3 rings (SSSR count). The van der Waals surface area contributed by atoms with E-state index in [1.54, 1.807) is 24.3 Å². The van der Waals surface area contributed by atoms with Crippen LogP contribution < -0.4 is 14.2 Å². The van der Waals surface area contributed by atoms with Gasteiger partial charge in [0.2, 0.25) is 10.0 Å². The number of halogens is 1. The fourth-order valence-electron chi connectivity index (χ4n) is 2.55. The van der Waals surface area contributed by atoms with E-state index in [9.17, 15) is 8.42 Å². The third kappa shape index (κ3) is 3.75. The Morgan fingerprint density at radius 3 is 2.56 bits per heavy atom. The molecule has 2 aromatic carbocycles. The Kier molecular flexibility index (Phi) is 5.21. The Bertz CT molecular complexity index is 885. The first-order valence-corrected chi connectivity index (χ1v) is 9.83. The van der Waals surface area contributed by atoms with Crippen LogP contribution in [0.1, 0.15) is 5.56 Å². The largest absolute Gasteiger partial charge is 0.495 e. The summed E-state index contributed by atoms with van der Waals surface area (Å²) < 4.78 is 44.0. The van der Waals surface area contributed by atoms with Crippen LogP contribution in [0.5, 0.6) is 17.2 Å². The third-order valence-electron chi connectivity index (χ3n) is 3.83. The molecule has 0 saturated carbocycles. The first-order valence-electron chi connectivity index (χ1n) is 7.60. The fraction of sp³-hybridized carbons (Fsp3) is 0.294. The number of methoxy groups -OCH3 is 1. The second kappa shape index (κ2) is 7.23. The average molecular weight is 428 g/mol. The molecule has 0 amide bonds. The Balaban J connectivity index is 1.87. The number of benzene rings is 2. The number of ether oxygens (including phenoxy) is 3. The van der Waals surface area contributed by atoms with Crippen molar-refractivity contribution in [1.29, 1.82) is 0 Å². The molecule has 6 nitrogen and oxygen atoms in total. The zero-order valence-corrected chi connectivity index (χ0v) is 16.3. The SMILES string of the molecule is COc1ccc(Br)cc1S(=O)(=O)N(C)Cc1ccc2c(c1)OCCO2. The Morgan fingerprint density at radius 1 is 1.12 bits per heavy atom. The zero-order chi connectivity index (χ0) is 18.0. The molecule has 0 radical (unpaired) electrons. The minimum Gasteiger partial charge on any atom is -0.495 e. The van der Waals surface area contributed by atoms with E-state index in [2.05, 4.69) is 15.9 Å². The monoisotopic (exact) mass is 427 g/mol. The number of hydrogen-bond acceptors (Lipinski definition) is 5. The van der Waals surface area contributed by atoms with Crippen LogP contribution in [0.15, 0.2) is 45.8 Å². The van der Waals surface area contributed by atoms with E-state index in [1.807, 2.05) is 6.07 Å². The van der Waals surface area contributed by atoms with Crippen molar-refractivity contribution in [2.45, 2.75) is 11.4 Å². The molecule has 1 aliphatic heterocycles. The van der Waals surface area contributed by atoms with Gasteiger partial charge < -0.3 is 14.2 Å². The van der Waals surface area contributed by atoms with Gasteiger partial charge in [-0.1, -0.05) is 22.0 Å². The molecule has 0 atom stereocenters. The van der Waals surface area contributed by atoms with Gasteiger partial charge in [0, 0.05) is 18.1 Å². The van der Waals surface area contributed by atoms with Gasteiger partial charge in [-0.25, -0.2) is 8.42 Å². The van der Waals surface area contributed by atoms with E-state index >= 15 is 0 Å². The van der Waals surface area contributed by atoms with Crippen molar-refractivity contribution >= 4 is 26.0 Å². The second-order valence-electron chi connectivity index (χ2n) is 5.53. The standard InChI is InChI=1S/C17H18BrNO5S/c1-19(11-12-3-5-14-16(9-12)24-8-7-23-14)25(20,21)17-10-13(18)4-6-15(17)22-2/h3-6,9-10H,7-8,11H2,1-2H3. The molecule has 0 aliphatic carbocycles. The molecule has 0 fully saturated rings. The molecule has 0 aromatic heterocycles. The first kappa shape index (κ1) is 18.0. The van der Waals surface area contributed by atoms with E-state index in [-0.39, 0.29) is 11.4 Å². The summed E-state index contributed by atoms with van der Waals surface area (Å²) in [6.45, 7) is 1.21. The van der Waals surface area contributed by atoms with Crippen molar-refractivity contribution in [3.05, 3.63) is 46.4 Å². The lowest BCUT2D eigenvalue weighted by Crippen LogP contribution is -2.27. The smallest absolute Gasteiger partial charge is 0.246 e. The quantitative estimate of drug-likeness (QED) is 0.733. The minimum atomic E-state index is -3.72. The summed E-state index contributed by atoms with van der Waals surface area (Å²) in [5.74, 6) is 1.61. The van der Waals surface area contributed by atoms with E-state index in [1.165, 1.54) is 24.5 Å². The molecule has 0 unspecified atom stereocenters. The Morgan fingerprint density at radius 2 is 1.84 bits per heavy atom. The van der Waals surface area contributed by atoms with Gasteiger partial charge in [-0.3, -0.25) is 0 Å². The maximum Gasteiger partial charge on any atom is 0.246 e. The van der Waals surface area contributed by atoms with Crippen molar-refractivity contribution < 1.29 is 22.6 Å². The van der Waals surface area contributed by atoms with Crippen LogP contribution in [0.2, 0.25) is 0 Å². The highest BCUT2D eigenvalue weighted by molar-refractivity contribution is 9.10. The van der Waals surface area contributed by atoms with E-state index in [0.717, 1.165) is 5.56 Å². The second-order valence-corrected chi connectivity index (χ2v) is 8.46. The number of nitrogens with zero attached hydrogens (tertiary/aromatic N) is 1. The molecule has 1 heterocycles. The lowest BCUT2D eigenvalue weighted by Gasteiger charge is -2.21. The average Bonchev–Trinajstić information content (AvgIpc) is 2.61. The Labute approximate surface area is 155 Å². The van der Waals surface area contributed by atoms with Gasteiger partial charge in [0.05, 0.1) is 7.11 Å². The predicted molar refractivity (Wildman–Crippen MR) is 96.8 cm³/mol. The molecule has 0 N–H and O–H groups in total. The van der Waals surface area contributed by atoms with Gasteiger partial charge in [0.15, 0.2) is 11.5 Å². The maximum atomic E-state index is 12.9. The zero-order valence-electron chi connectivity index (χ0n) is 13.9. The molecule has 25 heavy (non-hydrogen) atoms. The first-order chi connectivity index (χ1) is 11.9. The van der Waals surface area contributed by atoms with Gasteiger partial charge in [-0.15, -0.1) is 0 Å². The number of sulfonamides is 1. The van der Waals surface area contributed by atoms with Crippen LogP contribution in [0.3, 0.4) is 0 Å². The lowest BCUT2D eigenvalue weighted by atomic mass is 10.2. The highest BCUT2D eigenvalue weighted by Gasteiger charge is 2.25. The molecule has 0 saturated heterocycles. The molecule has 8 heteroatoms. The third-order valence-corrected chi connectivity index (χ3v) is 6.14. The summed E-state index contributed by atoms with van der Waals surface area (Å²) in [6, 6.07) is 10.3. The summed E-state index contributed by atoms with van der Waals surface area (Å²) >= 11 is 3.31. The maximum absolute atomic E-state index is 12.9. The topological polar surface area (TPSA) is 65.1 Å².